The Hall–Kier alpha value is -1.34. The van der Waals surface area contributed by atoms with Crippen molar-refractivity contribution in [3.63, 3.8) is 0 Å². The quantitative estimate of drug-likeness (QED) is 0.433. The Morgan fingerprint density at radius 3 is 2.33 bits per heavy atom. The second kappa shape index (κ2) is 7.02. The first-order valence-electron chi connectivity index (χ1n) is 4.49. The summed E-state index contributed by atoms with van der Waals surface area (Å²) in [5.74, 6) is -1.20. The van der Waals surface area contributed by atoms with E-state index >= 15 is 0 Å². The first kappa shape index (κ1) is 13.7. The van der Waals surface area contributed by atoms with Gasteiger partial charge < -0.3 is 25.5 Å². The first-order chi connectivity index (χ1) is 7.02. The molecule has 15 heavy (non-hydrogen) atoms. The third-order valence-electron chi connectivity index (χ3n) is 1.80. The number of aliphatic carboxylic acids is 1. The molecule has 0 rings (SSSR count). The van der Waals surface area contributed by atoms with Crippen LogP contribution in [0.1, 0.15) is 6.42 Å². The molecule has 2 amide bonds. The predicted molar refractivity (Wildman–Crippen MR) is 51.4 cm³/mol. The zero-order valence-corrected chi connectivity index (χ0v) is 8.51. The van der Waals surface area contributed by atoms with Crippen LogP contribution in [0.2, 0.25) is 0 Å². The standard InChI is InChI=1S/C8H16N2O5/c1-10(3-5-12)8(15)9-6(2-4-11)7(13)14/h6,11-12H,2-5H2,1H3,(H,9,15)(H,13,14)/t6-/m1/s1. The van der Waals surface area contributed by atoms with Gasteiger partial charge >= 0.3 is 12.0 Å². The van der Waals surface area contributed by atoms with E-state index in [4.69, 9.17) is 15.3 Å². The van der Waals surface area contributed by atoms with E-state index in [1.807, 2.05) is 0 Å². The molecule has 88 valence electrons. The number of urea groups is 1. The van der Waals surface area contributed by atoms with Crippen LogP contribution < -0.4 is 5.32 Å². The van der Waals surface area contributed by atoms with Gasteiger partial charge in [-0.2, -0.15) is 0 Å². The van der Waals surface area contributed by atoms with Gasteiger partial charge in [-0.15, -0.1) is 0 Å². The highest BCUT2D eigenvalue weighted by Crippen LogP contribution is 1.93. The summed E-state index contributed by atoms with van der Waals surface area (Å²) >= 11 is 0. The molecule has 0 spiro atoms. The predicted octanol–water partition coefficient (Wildman–Crippen LogP) is -1.54. The van der Waals surface area contributed by atoms with Gasteiger partial charge in [-0.25, -0.2) is 9.59 Å². The van der Waals surface area contributed by atoms with Gasteiger partial charge in [0, 0.05) is 26.6 Å². The number of aliphatic hydroxyl groups is 2. The molecular weight excluding hydrogens is 204 g/mol. The highest BCUT2D eigenvalue weighted by molar-refractivity contribution is 5.82. The van der Waals surface area contributed by atoms with Crippen molar-refractivity contribution >= 4 is 12.0 Å². The third kappa shape index (κ3) is 5.18. The molecule has 0 radical (unpaired) electrons. The highest BCUT2D eigenvalue weighted by Gasteiger charge is 2.20. The fourth-order valence-corrected chi connectivity index (χ4v) is 0.897. The van der Waals surface area contributed by atoms with E-state index in [2.05, 4.69) is 5.32 Å². The molecule has 0 saturated heterocycles. The number of aliphatic hydroxyl groups excluding tert-OH is 2. The van der Waals surface area contributed by atoms with Crippen molar-refractivity contribution in [1.29, 1.82) is 0 Å². The van der Waals surface area contributed by atoms with Crippen LogP contribution in [0.4, 0.5) is 4.79 Å². The molecule has 1 atom stereocenters. The lowest BCUT2D eigenvalue weighted by Gasteiger charge is -2.20. The van der Waals surface area contributed by atoms with E-state index < -0.39 is 18.0 Å². The van der Waals surface area contributed by atoms with Crippen molar-refractivity contribution in [3.05, 3.63) is 0 Å². The minimum Gasteiger partial charge on any atom is -0.480 e. The molecule has 0 bridgehead atoms. The Balaban J connectivity index is 4.15. The zero-order valence-electron chi connectivity index (χ0n) is 8.51. The van der Waals surface area contributed by atoms with Crippen LogP contribution in [0.5, 0.6) is 0 Å². The number of carboxylic acids is 1. The van der Waals surface area contributed by atoms with Crippen molar-refractivity contribution < 1.29 is 24.9 Å². The molecule has 7 nitrogen and oxygen atoms in total. The van der Waals surface area contributed by atoms with Crippen LogP contribution in [0, 0.1) is 0 Å². The maximum atomic E-state index is 11.3. The van der Waals surface area contributed by atoms with Crippen LogP contribution in [0.15, 0.2) is 0 Å². The van der Waals surface area contributed by atoms with Gasteiger partial charge in [0.05, 0.1) is 6.61 Å². The Morgan fingerprint density at radius 1 is 1.33 bits per heavy atom. The van der Waals surface area contributed by atoms with E-state index in [9.17, 15) is 9.59 Å². The van der Waals surface area contributed by atoms with Crippen molar-refractivity contribution in [2.45, 2.75) is 12.5 Å². The smallest absolute Gasteiger partial charge is 0.326 e. The van der Waals surface area contributed by atoms with Gasteiger partial charge in [-0.05, 0) is 0 Å². The summed E-state index contributed by atoms with van der Waals surface area (Å²) in [7, 11) is 1.43. The molecule has 0 aromatic rings. The second-order valence-corrected chi connectivity index (χ2v) is 3.00. The minimum absolute atomic E-state index is 0.0476. The molecule has 0 saturated carbocycles. The first-order valence-corrected chi connectivity index (χ1v) is 4.49. The molecule has 7 heteroatoms. The Labute approximate surface area is 87.3 Å². The number of likely N-dealkylation sites (N-methyl/N-ethyl adjacent to an activating group) is 1. The Kier molecular flexibility index (Phi) is 6.39. The minimum atomic E-state index is -1.20. The van der Waals surface area contributed by atoms with Gasteiger partial charge in [0.25, 0.3) is 0 Å². The normalized spacial score (nSPS) is 11.9. The summed E-state index contributed by atoms with van der Waals surface area (Å²) in [5.41, 5.74) is 0. The van der Waals surface area contributed by atoms with Crippen LogP contribution in [-0.4, -0.2) is 65.1 Å². The van der Waals surface area contributed by atoms with Crippen molar-refractivity contribution in [1.82, 2.24) is 10.2 Å². The lowest BCUT2D eigenvalue weighted by molar-refractivity contribution is -0.139. The topological polar surface area (TPSA) is 110 Å². The fourth-order valence-electron chi connectivity index (χ4n) is 0.897. The van der Waals surface area contributed by atoms with Gasteiger partial charge in [-0.1, -0.05) is 0 Å². The molecule has 0 aromatic heterocycles. The SMILES string of the molecule is CN(CCO)C(=O)N[C@H](CCO)C(=O)O. The molecule has 0 aromatic carbocycles. The molecule has 0 fully saturated rings. The highest BCUT2D eigenvalue weighted by atomic mass is 16.4. The Bertz CT molecular complexity index is 221. The van der Waals surface area contributed by atoms with Crippen LogP contribution in [-0.2, 0) is 4.79 Å². The van der Waals surface area contributed by atoms with Crippen molar-refractivity contribution in [3.8, 4) is 0 Å². The maximum Gasteiger partial charge on any atom is 0.326 e. The number of amides is 2. The van der Waals surface area contributed by atoms with Crippen molar-refractivity contribution in [2.24, 2.45) is 0 Å². The van der Waals surface area contributed by atoms with E-state index in [0.29, 0.717) is 0 Å². The summed E-state index contributed by atoms with van der Waals surface area (Å²) in [5, 5.41) is 28.0. The van der Waals surface area contributed by atoms with Gasteiger partial charge in [0.15, 0.2) is 0 Å². The molecule has 0 unspecified atom stereocenters. The molecule has 0 aliphatic heterocycles. The summed E-state index contributed by atoms with van der Waals surface area (Å²) < 4.78 is 0. The zero-order chi connectivity index (χ0) is 11.8. The molecule has 0 aliphatic rings. The lowest BCUT2D eigenvalue weighted by Crippen LogP contribution is -2.47. The summed E-state index contributed by atoms with van der Waals surface area (Å²) in [6.45, 7) is -0.389. The fraction of sp³-hybridized carbons (Fsp3) is 0.750. The van der Waals surface area contributed by atoms with Crippen LogP contribution >= 0.6 is 0 Å². The Morgan fingerprint density at radius 2 is 1.93 bits per heavy atom. The monoisotopic (exact) mass is 220 g/mol. The summed E-state index contributed by atoms with van der Waals surface area (Å²) in [6.07, 6.45) is -0.0476. The van der Waals surface area contributed by atoms with E-state index in [1.54, 1.807) is 0 Å². The van der Waals surface area contributed by atoms with Gasteiger partial charge in [0.2, 0.25) is 0 Å². The van der Waals surface area contributed by atoms with Crippen LogP contribution in [0.25, 0.3) is 0 Å². The van der Waals surface area contributed by atoms with Gasteiger partial charge in [-0.3, -0.25) is 0 Å². The maximum absolute atomic E-state index is 11.3. The average Bonchev–Trinajstić information content (AvgIpc) is 2.17. The van der Waals surface area contributed by atoms with E-state index in [-0.39, 0.29) is 26.2 Å². The van der Waals surface area contributed by atoms with Crippen LogP contribution in [0.3, 0.4) is 0 Å². The molecule has 0 heterocycles. The average molecular weight is 220 g/mol. The number of hydrogen-bond acceptors (Lipinski definition) is 4. The van der Waals surface area contributed by atoms with E-state index in [1.165, 1.54) is 7.05 Å². The lowest BCUT2D eigenvalue weighted by atomic mass is 10.2. The summed E-state index contributed by atoms with van der Waals surface area (Å²) in [4.78, 5) is 23.1. The molecular formula is C8H16N2O5. The number of carbonyl (C=O) groups is 2. The second-order valence-electron chi connectivity index (χ2n) is 3.00. The largest absolute Gasteiger partial charge is 0.480 e. The number of nitrogens with zero attached hydrogens (tertiary/aromatic N) is 1. The van der Waals surface area contributed by atoms with E-state index in [0.717, 1.165) is 4.90 Å². The molecule has 4 N–H and O–H groups in total. The van der Waals surface area contributed by atoms with Crippen molar-refractivity contribution in [2.75, 3.05) is 26.8 Å². The summed E-state index contributed by atoms with van der Waals surface area (Å²) in [6, 6.07) is -1.70. The number of hydrogen-bond donors (Lipinski definition) is 4. The number of nitrogens with one attached hydrogen (secondary N) is 1. The number of rotatable bonds is 6. The number of carboxylic acid groups (broad SMARTS) is 1. The van der Waals surface area contributed by atoms with Gasteiger partial charge in [0.1, 0.15) is 6.04 Å². The number of carbonyl (C=O) groups excluding carboxylic acids is 1. The molecule has 0 aliphatic carbocycles. The third-order valence-corrected chi connectivity index (χ3v) is 1.80.